The lowest BCUT2D eigenvalue weighted by atomic mass is 10.1. The number of hydrogen-bond acceptors (Lipinski definition) is 7. The van der Waals surface area contributed by atoms with Gasteiger partial charge in [-0.1, -0.05) is 16.8 Å². The van der Waals surface area contributed by atoms with Crippen molar-refractivity contribution in [3.05, 3.63) is 46.4 Å². The third-order valence-corrected chi connectivity index (χ3v) is 4.06. The number of nitrogens with two attached hydrogens (primary N) is 1. The lowest BCUT2D eigenvalue weighted by Gasteiger charge is -2.10. The zero-order chi connectivity index (χ0) is 18.8. The van der Waals surface area contributed by atoms with Gasteiger partial charge in [0.1, 0.15) is 22.8 Å². The Morgan fingerprint density at radius 3 is 2.73 bits per heavy atom. The van der Waals surface area contributed by atoms with Crippen molar-refractivity contribution in [2.45, 2.75) is 13.8 Å². The molecule has 3 N–H and O–H groups in total. The first-order chi connectivity index (χ1) is 12.4. The van der Waals surface area contributed by atoms with Crippen LogP contribution in [0.25, 0.3) is 11.3 Å². The van der Waals surface area contributed by atoms with Gasteiger partial charge in [-0.25, -0.2) is 9.97 Å². The molecule has 2 heterocycles. The van der Waals surface area contributed by atoms with Gasteiger partial charge in [0.15, 0.2) is 11.6 Å². The van der Waals surface area contributed by atoms with Crippen molar-refractivity contribution in [2.75, 3.05) is 18.2 Å². The van der Waals surface area contributed by atoms with Crippen LogP contribution < -0.4 is 15.8 Å². The summed E-state index contributed by atoms with van der Waals surface area (Å²) in [5, 5.41) is 6.84. The average molecular weight is 374 g/mol. The second kappa shape index (κ2) is 7.01. The zero-order valence-electron chi connectivity index (χ0n) is 14.3. The van der Waals surface area contributed by atoms with Gasteiger partial charge in [0.2, 0.25) is 0 Å². The summed E-state index contributed by atoms with van der Waals surface area (Å²) in [6, 6.07) is 5.13. The quantitative estimate of drug-likeness (QED) is 0.720. The number of carbonyl (C=O) groups excluding carboxylic acids is 1. The number of nitrogens with one attached hydrogen (secondary N) is 1. The first-order valence-electron chi connectivity index (χ1n) is 7.61. The smallest absolute Gasteiger partial charge is 0.262 e. The van der Waals surface area contributed by atoms with E-state index in [-0.39, 0.29) is 11.6 Å². The molecule has 0 unspecified atom stereocenters. The highest BCUT2D eigenvalue weighted by Crippen LogP contribution is 2.33. The molecule has 0 aliphatic heterocycles. The molecule has 3 rings (SSSR count). The number of methoxy groups -OCH3 is 1. The van der Waals surface area contributed by atoms with Crippen molar-refractivity contribution in [1.82, 2.24) is 15.1 Å². The molecule has 0 saturated heterocycles. The third-order valence-electron chi connectivity index (χ3n) is 3.73. The van der Waals surface area contributed by atoms with Gasteiger partial charge in [0, 0.05) is 5.56 Å². The van der Waals surface area contributed by atoms with Gasteiger partial charge in [0.05, 0.1) is 24.0 Å². The fourth-order valence-electron chi connectivity index (χ4n) is 2.47. The van der Waals surface area contributed by atoms with Gasteiger partial charge >= 0.3 is 0 Å². The molecule has 0 bridgehead atoms. The number of ether oxygens (including phenoxy) is 1. The number of carbonyl (C=O) groups is 1. The average Bonchev–Trinajstić information content (AvgIpc) is 2.94. The zero-order valence-corrected chi connectivity index (χ0v) is 15.1. The van der Waals surface area contributed by atoms with Crippen LogP contribution in [0.4, 0.5) is 11.6 Å². The number of nitrogens with zero attached hydrogens (tertiary/aromatic N) is 3. The van der Waals surface area contributed by atoms with E-state index in [0.29, 0.717) is 39.0 Å². The van der Waals surface area contributed by atoms with Crippen LogP contribution in [-0.4, -0.2) is 28.1 Å². The number of anilines is 2. The van der Waals surface area contributed by atoms with Gasteiger partial charge in [-0.3, -0.25) is 4.79 Å². The molecular weight excluding hydrogens is 358 g/mol. The first kappa shape index (κ1) is 17.7. The number of aromatic nitrogens is 3. The van der Waals surface area contributed by atoms with E-state index in [2.05, 4.69) is 20.4 Å². The van der Waals surface area contributed by atoms with Crippen molar-refractivity contribution in [1.29, 1.82) is 0 Å². The largest absolute Gasteiger partial charge is 0.497 e. The van der Waals surface area contributed by atoms with Crippen LogP contribution in [0, 0.1) is 13.8 Å². The fourth-order valence-corrected chi connectivity index (χ4v) is 2.68. The molecule has 0 radical (unpaired) electrons. The highest BCUT2D eigenvalue weighted by Gasteiger charge is 2.19. The Kier molecular flexibility index (Phi) is 4.77. The maximum Gasteiger partial charge on any atom is 0.262 e. The van der Waals surface area contributed by atoms with E-state index >= 15 is 0 Å². The predicted molar refractivity (Wildman–Crippen MR) is 97.4 cm³/mol. The number of amides is 1. The molecule has 0 saturated carbocycles. The summed E-state index contributed by atoms with van der Waals surface area (Å²) in [6.45, 7) is 3.34. The number of halogens is 1. The van der Waals surface area contributed by atoms with Crippen LogP contribution in [0.2, 0.25) is 5.02 Å². The molecule has 1 amide bonds. The second-order valence-electron chi connectivity index (χ2n) is 5.49. The molecule has 2 aromatic heterocycles. The highest BCUT2D eigenvalue weighted by molar-refractivity contribution is 6.33. The molecule has 8 nitrogen and oxygen atoms in total. The Bertz CT molecular complexity index is 967. The normalized spacial score (nSPS) is 10.6. The molecule has 0 aliphatic carbocycles. The topological polar surface area (TPSA) is 116 Å². The minimum absolute atomic E-state index is 0.122. The molecule has 0 atom stereocenters. The lowest BCUT2D eigenvalue weighted by molar-refractivity contribution is 0.102. The third kappa shape index (κ3) is 3.31. The van der Waals surface area contributed by atoms with Crippen molar-refractivity contribution in [3.63, 3.8) is 0 Å². The standard InChI is InChI=1S/C17H16ClN5O3/c1-8-14(9(2)26-23-8)17(24)22-13-7-20-15(16(19)21-13)11-6-10(25-3)4-5-12(11)18/h4-7H,1-3H3,(H3,19,21,22,24). The Morgan fingerprint density at radius 1 is 1.35 bits per heavy atom. The van der Waals surface area contributed by atoms with Crippen LogP contribution in [0.15, 0.2) is 28.9 Å². The van der Waals surface area contributed by atoms with E-state index < -0.39 is 5.91 Å². The summed E-state index contributed by atoms with van der Waals surface area (Å²) in [5.74, 6) is 0.955. The fraction of sp³-hybridized carbons (Fsp3) is 0.176. The van der Waals surface area contributed by atoms with E-state index in [1.165, 1.54) is 6.20 Å². The molecule has 1 aromatic carbocycles. The van der Waals surface area contributed by atoms with E-state index in [4.69, 9.17) is 26.6 Å². The minimum Gasteiger partial charge on any atom is -0.497 e. The van der Waals surface area contributed by atoms with Crippen molar-refractivity contribution in [3.8, 4) is 17.0 Å². The first-order valence-corrected chi connectivity index (χ1v) is 7.99. The molecule has 3 aromatic rings. The Morgan fingerprint density at radius 2 is 2.12 bits per heavy atom. The van der Waals surface area contributed by atoms with Crippen molar-refractivity contribution >= 4 is 29.1 Å². The molecule has 26 heavy (non-hydrogen) atoms. The summed E-state index contributed by atoms with van der Waals surface area (Å²) in [7, 11) is 1.55. The van der Waals surface area contributed by atoms with Crippen molar-refractivity contribution < 1.29 is 14.1 Å². The molecule has 0 aliphatic rings. The summed E-state index contributed by atoms with van der Waals surface area (Å²) in [4.78, 5) is 20.8. The van der Waals surface area contributed by atoms with E-state index in [1.807, 2.05) is 0 Å². The molecular formula is C17H16ClN5O3. The number of rotatable bonds is 4. The Hall–Kier alpha value is -3.13. The predicted octanol–water partition coefficient (Wildman–Crippen LogP) is 3.24. The van der Waals surface area contributed by atoms with Gasteiger partial charge in [-0.05, 0) is 32.0 Å². The molecule has 134 valence electrons. The molecule has 0 fully saturated rings. The summed E-state index contributed by atoms with van der Waals surface area (Å²) >= 11 is 6.22. The van der Waals surface area contributed by atoms with Crippen LogP contribution in [0.1, 0.15) is 21.8 Å². The van der Waals surface area contributed by atoms with Crippen LogP contribution in [-0.2, 0) is 0 Å². The minimum atomic E-state index is -0.401. The summed E-state index contributed by atoms with van der Waals surface area (Å²) in [6.07, 6.45) is 1.40. The SMILES string of the molecule is COc1ccc(Cl)c(-c2ncc(NC(=O)c3c(C)noc3C)nc2N)c1. The number of hydrogen-bond donors (Lipinski definition) is 2. The monoisotopic (exact) mass is 373 g/mol. The maximum absolute atomic E-state index is 12.4. The highest BCUT2D eigenvalue weighted by atomic mass is 35.5. The van der Waals surface area contributed by atoms with Crippen LogP contribution in [0.3, 0.4) is 0 Å². The summed E-state index contributed by atoms with van der Waals surface area (Å²) < 4.78 is 10.2. The number of aryl methyl sites for hydroxylation is 2. The Labute approximate surface area is 154 Å². The van der Waals surface area contributed by atoms with Gasteiger partial charge in [0.25, 0.3) is 5.91 Å². The second-order valence-corrected chi connectivity index (χ2v) is 5.90. The van der Waals surface area contributed by atoms with Gasteiger partial charge < -0.3 is 20.3 Å². The molecule has 0 spiro atoms. The molecule has 9 heteroatoms. The van der Waals surface area contributed by atoms with Crippen LogP contribution in [0.5, 0.6) is 5.75 Å². The van der Waals surface area contributed by atoms with E-state index in [1.54, 1.807) is 39.2 Å². The van der Waals surface area contributed by atoms with E-state index in [0.717, 1.165) is 0 Å². The van der Waals surface area contributed by atoms with Crippen molar-refractivity contribution in [2.24, 2.45) is 0 Å². The lowest BCUT2D eigenvalue weighted by Crippen LogP contribution is -2.15. The number of benzene rings is 1. The van der Waals surface area contributed by atoms with Crippen LogP contribution >= 0.6 is 11.6 Å². The Balaban J connectivity index is 1.90. The van der Waals surface area contributed by atoms with Gasteiger partial charge in [-0.2, -0.15) is 0 Å². The maximum atomic E-state index is 12.4. The number of nitrogen functional groups attached to an aromatic ring is 1. The van der Waals surface area contributed by atoms with Gasteiger partial charge in [-0.15, -0.1) is 0 Å². The van der Waals surface area contributed by atoms with E-state index in [9.17, 15) is 4.79 Å². The summed E-state index contributed by atoms with van der Waals surface area (Å²) in [5.41, 5.74) is 7.83.